The van der Waals surface area contributed by atoms with Gasteiger partial charge in [-0.05, 0) is 24.4 Å². The average molecular weight is 278 g/mol. The number of anilines is 2. The van der Waals surface area contributed by atoms with Crippen molar-refractivity contribution in [2.75, 3.05) is 17.7 Å². The van der Waals surface area contributed by atoms with E-state index in [0.717, 1.165) is 4.88 Å². The molecule has 2 aromatic heterocycles. The molecule has 19 heavy (non-hydrogen) atoms. The van der Waals surface area contributed by atoms with Crippen molar-refractivity contribution in [2.45, 2.75) is 13.0 Å². The van der Waals surface area contributed by atoms with Crippen molar-refractivity contribution in [3.8, 4) is 0 Å². The van der Waals surface area contributed by atoms with Crippen LogP contribution in [-0.2, 0) is 0 Å². The lowest BCUT2D eigenvalue weighted by Crippen LogP contribution is -2.23. The van der Waals surface area contributed by atoms with Gasteiger partial charge >= 0.3 is 5.69 Å². The van der Waals surface area contributed by atoms with Crippen molar-refractivity contribution in [3.05, 3.63) is 44.6 Å². The zero-order chi connectivity index (χ0) is 14.0. The number of aromatic nitrogens is 1. The minimum Gasteiger partial charge on any atom is -0.384 e. The van der Waals surface area contributed by atoms with Gasteiger partial charge in [-0.2, -0.15) is 0 Å². The molecule has 0 aliphatic carbocycles. The van der Waals surface area contributed by atoms with Crippen LogP contribution in [0.1, 0.15) is 17.8 Å². The molecule has 2 N–H and O–H groups in total. The minimum absolute atomic E-state index is 0.00648. The first kappa shape index (κ1) is 13.3. The van der Waals surface area contributed by atoms with Gasteiger partial charge in [0.2, 0.25) is 5.82 Å². The predicted octanol–water partition coefficient (Wildman–Crippen LogP) is 2.83. The van der Waals surface area contributed by atoms with Gasteiger partial charge in [-0.3, -0.25) is 10.1 Å². The lowest BCUT2D eigenvalue weighted by molar-refractivity contribution is -0.384. The molecule has 6 nitrogen and oxygen atoms in total. The topological polar surface area (TPSA) is 85.3 Å². The maximum absolute atomic E-state index is 11.0. The second kappa shape index (κ2) is 5.23. The van der Waals surface area contributed by atoms with Crippen LogP contribution >= 0.6 is 11.3 Å². The summed E-state index contributed by atoms with van der Waals surface area (Å²) in [5.41, 5.74) is 5.58. The van der Waals surface area contributed by atoms with Gasteiger partial charge in [0.25, 0.3) is 0 Å². The van der Waals surface area contributed by atoms with E-state index in [1.807, 2.05) is 24.4 Å². The molecule has 1 unspecified atom stereocenters. The first-order chi connectivity index (χ1) is 9.00. The zero-order valence-corrected chi connectivity index (χ0v) is 11.4. The summed E-state index contributed by atoms with van der Waals surface area (Å²) in [6.07, 6.45) is 0. The molecular weight excluding hydrogens is 264 g/mol. The van der Waals surface area contributed by atoms with E-state index in [-0.39, 0.29) is 23.4 Å². The lowest BCUT2D eigenvalue weighted by atomic mass is 10.2. The fourth-order valence-electron chi connectivity index (χ4n) is 1.76. The third-order valence-corrected chi connectivity index (χ3v) is 3.99. The summed E-state index contributed by atoms with van der Waals surface area (Å²) < 4.78 is 0. The van der Waals surface area contributed by atoms with Crippen LogP contribution in [0.15, 0.2) is 29.6 Å². The van der Waals surface area contributed by atoms with Crippen LogP contribution in [0.4, 0.5) is 17.3 Å². The van der Waals surface area contributed by atoms with Gasteiger partial charge in [0.05, 0.1) is 11.0 Å². The number of rotatable bonds is 4. The molecule has 100 valence electrons. The van der Waals surface area contributed by atoms with E-state index in [9.17, 15) is 10.1 Å². The molecule has 0 amide bonds. The Labute approximate surface area is 114 Å². The molecule has 0 aromatic carbocycles. The van der Waals surface area contributed by atoms with Crippen LogP contribution in [0, 0.1) is 10.1 Å². The van der Waals surface area contributed by atoms with Gasteiger partial charge < -0.3 is 10.6 Å². The van der Waals surface area contributed by atoms with Gasteiger partial charge in [-0.25, -0.2) is 4.98 Å². The van der Waals surface area contributed by atoms with E-state index in [0.29, 0.717) is 0 Å². The van der Waals surface area contributed by atoms with Gasteiger partial charge in [0.15, 0.2) is 0 Å². The van der Waals surface area contributed by atoms with E-state index in [1.165, 1.54) is 12.1 Å². The number of nitro groups is 1. The van der Waals surface area contributed by atoms with Crippen molar-refractivity contribution < 1.29 is 4.92 Å². The molecule has 0 saturated heterocycles. The molecule has 2 heterocycles. The Bertz CT molecular complexity index is 585. The third kappa shape index (κ3) is 2.65. The Morgan fingerprint density at radius 1 is 1.47 bits per heavy atom. The van der Waals surface area contributed by atoms with E-state index in [4.69, 9.17) is 5.73 Å². The molecule has 0 radical (unpaired) electrons. The number of nitrogens with zero attached hydrogens (tertiary/aromatic N) is 3. The highest BCUT2D eigenvalue weighted by molar-refractivity contribution is 7.10. The van der Waals surface area contributed by atoms with Crippen LogP contribution in [0.3, 0.4) is 0 Å². The zero-order valence-electron chi connectivity index (χ0n) is 10.6. The van der Waals surface area contributed by atoms with Crippen LogP contribution in [0.5, 0.6) is 0 Å². The molecule has 1 atom stereocenters. The van der Waals surface area contributed by atoms with E-state index < -0.39 is 4.92 Å². The van der Waals surface area contributed by atoms with Gasteiger partial charge in [-0.1, -0.05) is 6.07 Å². The molecule has 0 fully saturated rings. The van der Waals surface area contributed by atoms with Crippen molar-refractivity contribution in [1.82, 2.24) is 4.98 Å². The summed E-state index contributed by atoms with van der Waals surface area (Å²) in [5.74, 6) is 0.553. The highest BCUT2D eigenvalue weighted by Gasteiger charge is 2.23. The van der Waals surface area contributed by atoms with Crippen molar-refractivity contribution >= 4 is 28.7 Å². The average Bonchev–Trinajstić information content (AvgIpc) is 2.90. The Balaban J connectivity index is 2.40. The SMILES string of the molecule is CC(c1cccs1)N(C)c1nc(N)ccc1[N+](=O)[O-]. The molecular formula is C12H14N4O2S. The number of nitrogen functional groups attached to an aromatic ring is 1. The fourth-order valence-corrected chi connectivity index (χ4v) is 2.59. The molecule has 0 saturated carbocycles. The molecule has 0 aliphatic rings. The van der Waals surface area contributed by atoms with Crippen molar-refractivity contribution in [1.29, 1.82) is 0 Å². The Hall–Kier alpha value is -2.15. The summed E-state index contributed by atoms with van der Waals surface area (Å²) in [6.45, 7) is 1.97. The summed E-state index contributed by atoms with van der Waals surface area (Å²) in [6, 6.07) is 6.75. The van der Waals surface area contributed by atoms with E-state index in [2.05, 4.69) is 4.98 Å². The quantitative estimate of drug-likeness (QED) is 0.686. The standard InChI is InChI=1S/C12H14N4O2S/c1-8(10-4-3-7-19-10)15(2)12-9(16(17)18)5-6-11(13)14-12/h3-8H,1-2H3,(H2,13,14). The van der Waals surface area contributed by atoms with Crippen LogP contribution in [0.25, 0.3) is 0 Å². The molecule has 2 aromatic rings. The molecule has 0 aliphatic heterocycles. The smallest absolute Gasteiger partial charge is 0.311 e. The monoisotopic (exact) mass is 278 g/mol. The predicted molar refractivity (Wildman–Crippen MR) is 76.4 cm³/mol. The molecule has 2 rings (SSSR count). The second-order valence-corrected chi connectivity index (χ2v) is 5.12. The third-order valence-electron chi connectivity index (χ3n) is 2.94. The maximum atomic E-state index is 11.0. The lowest BCUT2D eigenvalue weighted by Gasteiger charge is -2.24. The van der Waals surface area contributed by atoms with Gasteiger partial charge in [0.1, 0.15) is 5.82 Å². The minimum atomic E-state index is -0.445. The van der Waals surface area contributed by atoms with E-state index >= 15 is 0 Å². The molecule has 0 spiro atoms. The number of hydrogen-bond donors (Lipinski definition) is 1. The number of nitrogens with two attached hydrogens (primary N) is 1. The summed E-state index contributed by atoms with van der Waals surface area (Å²) >= 11 is 1.60. The Kier molecular flexibility index (Phi) is 3.66. The number of thiophene rings is 1. The number of hydrogen-bond acceptors (Lipinski definition) is 6. The highest BCUT2D eigenvalue weighted by Crippen LogP contribution is 2.33. The normalized spacial score (nSPS) is 12.1. The second-order valence-electron chi connectivity index (χ2n) is 4.14. The largest absolute Gasteiger partial charge is 0.384 e. The fraction of sp³-hybridized carbons (Fsp3) is 0.250. The van der Waals surface area contributed by atoms with Crippen LogP contribution in [0.2, 0.25) is 0 Å². The number of pyridine rings is 1. The van der Waals surface area contributed by atoms with Crippen molar-refractivity contribution in [2.24, 2.45) is 0 Å². The first-order valence-corrected chi connectivity index (χ1v) is 6.56. The maximum Gasteiger partial charge on any atom is 0.311 e. The summed E-state index contributed by atoms with van der Waals surface area (Å²) in [5, 5.41) is 13.0. The van der Waals surface area contributed by atoms with Crippen LogP contribution in [-0.4, -0.2) is 17.0 Å². The van der Waals surface area contributed by atoms with Crippen LogP contribution < -0.4 is 10.6 Å². The van der Waals surface area contributed by atoms with E-state index in [1.54, 1.807) is 23.3 Å². The van der Waals surface area contributed by atoms with Gasteiger partial charge in [0, 0.05) is 18.0 Å². The summed E-state index contributed by atoms with van der Waals surface area (Å²) in [7, 11) is 1.78. The van der Waals surface area contributed by atoms with Crippen molar-refractivity contribution in [3.63, 3.8) is 0 Å². The van der Waals surface area contributed by atoms with Gasteiger partial charge in [-0.15, -0.1) is 11.3 Å². The molecule has 0 bridgehead atoms. The Morgan fingerprint density at radius 2 is 2.21 bits per heavy atom. The summed E-state index contributed by atoms with van der Waals surface area (Å²) in [4.78, 5) is 17.6. The Morgan fingerprint density at radius 3 is 2.79 bits per heavy atom. The highest BCUT2D eigenvalue weighted by atomic mass is 32.1. The molecule has 7 heteroatoms. The first-order valence-electron chi connectivity index (χ1n) is 5.68.